The van der Waals surface area contributed by atoms with E-state index in [-0.39, 0.29) is 0 Å². The molecule has 7 heteroatoms. The summed E-state index contributed by atoms with van der Waals surface area (Å²) >= 11 is 0. The van der Waals surface area contributed by atoms with Crippen molar-refractivity contribution in [1.82, 2.24) is 19.3 Å². The molecule has 1 aliphatic heterocycles. The summed E-state index contributed by atoms with van der Waals surface area (Å²) in [6.45, 7) is 2.24. The maximum Gasteiger partial charge on any atom is 0.180 e. The molecule has 3 rings (SSSR count). The molecule has 0 saturated carbocycles. The van der Waals surface area contributed by atoms with Crippen LogP contribution < -0.4 is 16.2 Å². The minimum absolute atomic E-state index is 0.493. The number of nitrogens with zero attached hydrogens (tertiary/aromatic N) is 5. The number of aromatic nitrogens is 3. The van der Waals surface area contributed by atoms with Crippen LogP contribution in [0.15, 0.2) is 18.6 Å². The Labute approximate surface area is 118 Å². The molecule has 0 radical (unpaired) electrons. The normalized spacial score (nSPS) is 17.6. The van der Waals surface area contributed by atoms with Crippen molar-refractivity contribution >= 4 is 17.3 Å². The second kappa shape index (κ2) is 5.26. The molecule has 2 aromatic rings. The van der Waals surface area contributed by atoms with Gasteiger partial charge in [-0.25, -0.2) is 15.8 Å². The lowest BCUT2D eigenvalue weighted by atomic mass is 10.0. The van der Waals surface area contributed by atoms with Crippen molar-refractivity contribution in [1.29, 1.82) is 0 Å². The van der Waals surface area contributed by atoms with Gasteiger partial charge < -0.3 is 19.6 Å². The van der Waals surface area contributed by atoms with Gasteiger partial charge in [0.25, 0.3) is 0 Å². The lowest BCUT2D eigenvalue weighted by Crippen LogP contribution is -2.42. The summed E-state index contributed by atoms with van der Waals surface area (Å²) in [6.07, 6.45) is 7.81. The van der Waals surface area contributed by atoms with Crippen molar-refractivity contribution in [3.63, 3.8) is 0 Å². The molecular formula is C13H21N7. The maximum absolute atomic E-state index is 5.50. The number of hydrazine groups is 1. The fourth-order valence-electron chi connectivity index (χ4n) is 2.78. The van der Waals surface area contributed by atoms with Crippen LogP contribution in [-0.4, -0.2) is 52.5 Å². The molecule has 0 aliphatic carbocycles. The molecule has 0 amide bonds. The Kier molecular flexibility index (Phi) is 3.45. The minimum Gasteiger partial charge on any atom is -0.353 e. The van der Waals surface area contributed by atoms with E-state index in [9.17, 15) is 0 Å². The molecule has 0 bridgehead atoms. The lowest BCUT2D eigenvalue weighted by molar-refractivity contribution is 0.252. The van der Waals surface area contributed by atoms with Gasteiger partial charge in [0.1, 0.15) is 0 Å². The zero-order chi connectivity index (χ0) is 14.1. The van der Waals surface area contributed by atoms with Crippen molar-refractivity contribution in [3.8, 4) is 0 Å². The Hall–Kier alpha value is -1.86. The van der Waals surface area contributed by atoms with E-state index in [1.807, 2.05) is 16.8 Å². The highest BCUT2D eigenvalue weighted by Gasteiger charge is 2.23. The van der Waals surface area contributed by atoms with E-state index >= 15 is 0 Å². The summed E-state index contributed by atoms with van der Waals surface area (Å²) in [4.78, 5) is 13.6. The first kappa shape index (κ1) is 13.1. The SMILES string of the molecule is CN1CCC(N(C)c2nc(NN)cn3ccnc23)CC1. The molecule has 3 N–H and O–H groups in total. The molecule has 2 aromatic heterocycles. The fourth-order valence-corrected chi connectivity index (χ4v) is 2.78. The van der Waals surface area contributed by atoms with Crippen LogP contribution in [0.3, 0.4) is 0 Å². The van der Waals surface area contributed by atoms with Gasteiger partial charge in [-0.05, 0) is 33.0 Å². The van der Waals surface area contributed by atoms with Crippen molar-refractivity contribution in [2.75, 3.05) is 37.5 Å². The summed E-state index contributed by atoms with van der Waals surface area (Å²) in [5.74, 6) is 7.02. The Bertz CT molecular complexity index is 585. The van der Waals surface area contributed by atoms with Crippen LogP contribution in [0.5, 0.6) is 0 Å². The van der Waals surface area contributed by atoms with Gasteiger partial charge in [0.15, 0.2) is 17.3 Å². The molecular weight excluding hydrogens is 254 g/mol. The molecule has 0 spiro atoms. The van der Waals surface area contributed by atoms with Gasteiger partial charge >= 0.3 is 0 Å². The van der Waals surface area contributed by atoms with Gasteiger partial charge in [-0.15, -0.1) is 0 Å². The maximum atomic E-state index is 5.50. The minimum atomic E-state index is 0.493. The second-order valence-corrected chi connectivity index (χ2v) is 5.40. The largest absolute Gasteiger partial charge is 0.353 e. The molecule has 20 heavy (non-hydrogen) atoms. The van der Waals surface area contributed by atoms with Crippen LogP contribution >= 0.6 is 0 Å². The highest BCUT2D eigenvalue weighted by Crippen LogP contribution is 2.24. The summed E-state index contributed by atoms with van der Waals surface area (Å²) in [5.41, 5.74) is 3.49. The third-order valence-corrected chi connectivity index (χ3v) is 4.07. The predicted octanol–water partition coefficient (Wildman–Crippen LogP) is 0.545. The molecule has 1 saturated heterocycles. The van der Waals surface area contributed by atoms with Gasteiger partial charge in [-0.3, -0.25) is 0 Å². The number of nitrogens with two attached hydrogens (primary N) is 1. The fraction of sp³-hybridized carbons (Fsp3) is 0.538. The number of hydrogen-bond donors (Lipinski definition) is 2. The average Bonchev–Trinajstić information content (AvgIpc) is 2.94. The summed E-state index contributed by atoms with van der Waals surface area (Å²) in [5, 5.41) is 0. The highest BCUT2D eigenvalue weighted by molar-refractivity contribution is 5.66. The third kappa shape index (κ3) is 2.30. The first-order valence-corrected chi connectivity index (χ1v) is 6.90. The van der Waals surface area contributed by atoms with E-state index < -0.39 is 0 Å². The van der Waals surface area contributed by atoms with Crippen molar-refractivity contribution in [2.45, 2.75) is 18.9 Å². The van der Waals surface area contributed by atoms with Crippen LogP contribution in [0.2, 0.25) is 0 Å². The number of hydrogen-bond acceptors (Lipinski definition) is 6. The van der Waals surface area contributed by atoms with Crippen molar-refractivity contribution in [2.24, 2.45) is 5.84 Å². The Morgan fingerprint density at radius 2 is 2.15 bits per heavy atom. The summed E-state index contributed by atoms with van der Waals surface area (Å²) < 4.78 is 1.95. The number of nitrogens with one attached hydrogen (secondary N) is 1. The number of likely N-dealkylation sites (tertiary alicyclic amines) is 1. The van der Waals surface area contributed by atoms with E-state index in [0.717, 1.165) is 37.4 Å². The topological polar surface area (TPSA) is 74.7 Å². The van der Waals surface area contributed by atoms with Crippen LogP contribution in [0.1, 0.15) is 12.8 Å². The van der Waals surface area contributed by atoms with Crippen LogP contribution in [-0.2, 0) is 0 Å². The van der Waals surface area contributed by atoms with Crippen LogP contribution in [0.25, 0.3) is 5.65 Å². The number of nitrogen functional groups attached to an aromatic ring is 1. The van der Waals surface area contributed by atoms with Gasteiger partial charge in [0.05, 0.1) is 6.20 Å². The van der Waals surface area contributed by atoms with Gasteiger partial charge in [0, 0.05) is 25.5 Å². The smallest absolute Gasteiger partial charge is 0.180 e. The zero-order valence-electron chi connectivity index (χ0n) is 12.0. The van der Waals surface area contributed by atoms with E-state index in [1.54, 1.807) is 6.20 Å². The lowest BCUT2D eigenvalue weighted by Gasteiger charge is -2.35. The third-order valence-electron chi connectivity index (χ3n) is 4.07. The number of imidazole rings is 1. The van der Waals surface area contributed by atoms with E-state index in [1.165, 1.54) is 0 Å². The second-order valence-electron chi connectivity index (χ2n) is 5.40. The molecule has 0 unspecified atom stereocenters. The quantitative estimate of drug-likeness (QED) is 0.629. The van der Waals surface area contributed by atoms with Crippen molar-refractivity contribution < 1.29 is 0 Å². The van der Waals surface area contributed by atoms with E-state index in [2.05, 4.69) is 39.3 Å². The Morgan fingerprint density at radius 1 is 1.40 bits per heavy atom. The van der Waals surface area contributed by atoms with Gasteiger partial charge in [-0.2, -0.15) is 0 Å². The highest BCUT2D eigenvalue weighted by atomic mass is 15.3. The molecule has 1 fully saturated rings. The van der Waals surface area contributed by atoms with Crippen LogP contribution in [0, 0.1) is 0 Å². The Morgan fingerprint density at radius 3 is 2.85 bits per heavy atom. The van der Waals surface area contributed by atoms with Crippen LogP contribution in [0.4, 0.5) is 11.6 Å². The van der Waals surface area contributed by atoms with Crippen molar-refractivity contribution in [3.05, 3.63) is 18.6 Å². The molecule has 7 nitrogen and oxygen atoms in total. The first-order valence-electron chi connectivity index (χ1n) is 6.90. The standard InChI is InChI=1S/C13H21N7/c1-18-6-3-10(4-7-18)19(2)13-12-15-5-8-20(12)9-11(16-13)17-14/h5,8-10,17H,3-4,6-7,14H2,1-2H3. The number of rotatable bonds is 3. The molecule has 0 atom stereocenters. The summed E-state index contributed by atoms with van der Waals surface area (Å²) in [6, 6.07) is 0.493. The summed E-state index contributed by atoms with van der Waals surface area (Å²) in [7, 11) is 4.26. The average molecular weight is 275 g/mol. The number of anilines is 2. The van der Waals surface area contributed by atoms with Gasteiger partial charge in [0.2, 0.25) is 0 Å². The number of fused-ring (bicyclic) bond motifs is 1. The molecule has 1 aliphatic rings. The number of piperidine rings is 1. The molecule has 3 heterocycles. The first-order chi connectivity index (χ1) is 9.69. The monoisotopic (exact) mass is 275 g/mol. The Balaban J connectivity index is 1.93. The van der Waals surface area contributed by atoms with E-state index in [0.29, 0.717) is 11.9 Å². The predicted molar refractivity (Wildman–Crippen MR) is 79.7 cm³/mol. The van der Waals surface area contributed by atoms with E-state index in [4.69, 9.17) is 5.84 Å². The van der Waals surface area contributed by atoms with Gasteiger partial charge in [-0.1, -0.05) is 0 Å². The molecule has 0 aromatic carbocycles. The zero-order valence-corrected chi connectivity index (χ0v) is 12.0. The molecule has 108 valence electrons.